The van der Waals surface area contributed by atoms with E-state index in [0.717, 1.165) is 31.5 Å². The van der Waals surface area contributed by atoms with Crippen molar-refractivity contribution < 1.29 is 9.59 Å². The predicted octanol–water partition coefficient (Wildman–Crippen LogP) is 1.16. The number of amides is 3. The molecule has 9 nitrogen and oxygen atoms in total. The topological polar surface area (TPSA) is 110 Å². The number of rotatable bonds is 4. The average molecular weight is 358 g/mol. The van der Waals surface area contributed by atoms with E-state index in [1.54, 1.807) is 28.8 Å². The molecule has 26 heavy (non-hydrogen) atoms. The van der Waals surface area contributed by atoms with Crippen LogP contribution >= 0.6 is 0 Å². The highest BCUT2D eigenvalue weighted by atomic mass is 16.2. The van der Waals surface area contributed by atoms with Crippen molar-refractivity contribution in [3.05, 3.63) is 40.6 Å². The fraction of sp³-hybridized carbons (Fsp3) is 0.412. The number of hydrogen-bond donors (Lipinski definition) is 3. The first-order valence-electron chi connectivity index (χ1n) is 8.62. The van der Waals surface area contributed by atoms with Crippen molar-refractivity contribution in [1.29, 1.82) is 0 Å². The Hall–Kier alpha value is -3.10. The van der Waals surface area contributed by atoms with Crippen molar-refractivity contribution in [3.63, 3.8) is 0 Å². The molecule has 0 bridgehead atoms. The SMILES string of the molecule is CNC(=O)Nc1cccc(NC(=O)Cn2nc3n(c2=O)CCCCC3)c1. The second-order valence-electron chi connectivity index (χ2n) is 6.15. The lowest BCUT2D eigenvalue weighted by molar-refractivity contribution is -0.117. The van der Waals surface area contributed by atoms with E-state index in [1.165, 1.54) is 11.7 Å². The maximum atomic E-state index is 12.4. The maximum Gasteiger partial charge on any atom is 0.346 e. The van der Waals surface area contributed by atoms with Crippen molar-refractivity contribution in [2.45, 2.75) is 38.8 Å². The number of nitrogens with zero attached hydrogens (tertiary/aromatic N) is 3. The summed E-state index contributed by atoms with van der Waals surface area (Å²) in [5.74, 6) is 0.398. The summed E-state index contributed by atoms with van der Waals surface area (Å²) < 4.78 is 2.87. The second-order valence-corrected chi connectivity index (χ2v) is 6.15. The summed E-state index contributed by atoms with van der Waals surface area (Å²) in [5, 5.41) is 12.1. The number of aromatic nitrogens is 3. The third-order valence-electron chi connectivity index (χ3n) is 4.21. The lowest BCUT2D eigenvalue weighted by Crippen LogP contribution is -2.30. The quantitative estimate of drug-likeness (QED) is 0.762. The van der Waals surface area contributed by atoms with Crippen molar-refractivity contribution in [1.82, 2.24) is 19.7 Å². The summed E-state index contributed by atoms with van der Waals surface area (Å²) in [7, 11) is 1.52. The van der Waals surface area contributed by atoms with Gasteiger partial charge in [-0.25, -0.2) is 14.3 Å². The monoisotopic (exact) mass is 358 g/mol. The van der Waals surface area contributed by atoms with Gasteiger partial charge in [-0.05, 0) is 31.0 Å². The summed E-state index contributed by atoms with van der Waals surface area (Å²) >= 11 is 0. The summed E-state index contributed by atoms with van der Waals surface area (Å²) in [5.41, 5.74) is 0.831. The summed E-state index contributed by atoms with van der Waals surface area (Å²) in [6.45, 7) is 0.509. The molecular weight excluding hydrogens is 336 g/mol. The number of fused-ring (bicyclic) bond motifs is 1. The number of hydrogen-bond acceptors (Lipinski definition) is 4. The van der Waals surface area contributed by atoms with E-state index < -0.39 is 0 Å². The van der Waals surface area contributed by atoms with Crippen LogP contribution in [0, 0.1) is 0 Å². The number of aryl methyl sites for hydroxylation is 1. The van der Waals surface area contributed by atoms with Crippen molar-refractivity contribution in [2.75, 3.05) is 17.7 Å². The third-order valence-corrected chi connectivity index (χ3v) is 4.21. The Morgan fingerprint density at radius 1 is 1.15 bits per heavy atom. The smallest absolute Gasteiger partial charge is 0.341 e. The standard InChI is InChI=1S/C17H22N6O3/c1-18-16(25)20-13-7-5-6-12(10-13)19-15(24)11-23-17(26)22-9-4-2-3-8-14(22)21-23/h5-7,10H,2-4,8-9,11H2,1H3,(H,19,24)(H2,18,20,25). The first-order valence-corrected chi connectivity index (χ1v) is 8.62. The van der Waals surface area contributed by atoms with Crippen molar-refractivity contribution >= 4 is 23.3 Å². The first kappa shape index (κ1) is 17.7. The predicted molar refractivity (Wildman–Crippen MR) is 97.2 cm³/mol. The lowest BCUT2D eigenvalue weighted by atomic mass is 10.2. The van der Waals surface area contributed by atoms with Gasteiger partial charge in [-0.15, -0.1) is 0 Å². The third kappa shape index (κ3) is 4.11. The molecule has 1 aromatic heterocycles. The minimum absolute atomic E-state index is 0.147. The van der Waals surface area contributed by atoms with Crippen LogP contribution in [-0.2, 0) is 24.3 Å². The normalized spacial score (nSPS) is 13.4. The number of anilines is 2. The van der Waals surface area contributed by atoms with Crippen LogP contribution in [0.3, 0.4) is 0 Å². The van der Waals surface area contributed by atoms with Gasteiger partial charge in [0.1, 0.15) is 12.4 Å². The minimum Gasteiger partial charge on any atom is -0.341 e. The van der Waals surface area contributed by atoms with Crippen LogP contribution in [0.1, 0.15) is 25.1 Å². The fourth-order valence-corrected chi connectivity index (χ4v) is 2.93. The molecule has 0 unspecified atom stereocenters. The van der Waals surface area contributed by atoms with E-state index in [-0.39, 0.29) is 24.2 Å². The highest BCUT2D eigenvalue weighted by Gasteiger charge is 2.17. The number of carbonyl (C=O) groups excluding carboxylic acids is 2. The number of nitrogens with one attached hydrogen (secondary N) is 3. The van der Waals surface area contributed by atoms with Crippen LogP contribution in [0.25, 0.3) is 0 Å². The van der Waals surface area contributed by atoms with E-state index in [0.29, 0.717) is 17.9 Å². The Kier molecular flexibility index (Phi) is 5.35. The highest BCUT2D eigenvalue weighted by molar-refractivity contribution is 5.93. The second kappa shape index (κ2) is 7.85. The molecule has 0 radical (unpaired) electrons. The van der Waals surface area contributed by atoms with Gasteiger partial charge in [-0.2, -0.15) is 5.10 Å². The molecule has 2 heterocycles. The molecular formula is C17H22N6O3. The molecule has 0 fully saturated rings. The first-order chi connectivity index (χ1) is 12.6. The molecule has 9 heteroatoms. The highest BCUT2D eigenvalue weighted by Crippen LogP contribution is 2.15. The van der Waals surface area contributed by atoms with Gasteiger partial charge in [0.25, 0.3) is 0 Å². The molecule has 1 aliphatic heterocycles. The van der Waals surface area contributed by atoms with E-state index in [9.17, 15) is 14.4 Å². The van der Waals surface area contributed by atoms with Gasteiger partial charge < -0.3 is 16.0 Å². The van der Waals surface area contributed by atoms with Gasteiger partial charge in [0, 0.05) is 31.4 Å². The lowest BCUT2D eigenvalue weighted by Gasteiger charge is -2.08. The van der Waals surface area contributed by atoms with Gasteiger partial charge in [-0.3, -0.25) is 9.36 Å². The van der Waals surface area contributed by atoms with Gasteiger partial charge in [-0.1, -0.05) is 12.5 Å². The van der Waals surface area contributed by atoms with Crippen LogP contribution in [0.2, 0.25) is 0 Å². The Bertz CT molecular complexity index is 870. The van der Waals surface area contributed by atoms with E-state index in [2.05, 4.69) is 21.0 Å². The fourth-order valence-electron chi connectivity index (χ4n) is 2.93. The molecule has 0 spiro atoms. The molecule has 0 saturated carbocycles. The van der Waals surface area contributed by atoms with Crippen LogP contribution in [-0.4, -0.2) is 33.3 Å². The van der Waals surface area contributed by atoms with E-state index in [4.69, 9.17) is 0 Å². The zero-order chi connectivity index (χ0) is 18.5. The van der Waals surface area contributed by atoms with Gasteiger partial charge >= 0.3 is 11.7 Å². The van der Waals surface area contributed by atoms with Gasteiger partial charge in [0.2, 0.25) is 5.91 Å². The van der Waals surface area contributed by atoms with Gasteiger partial charge in [0.15, 0.2) is 0 Å². The van der Waals surface area contributed by atoms with Gasteiger partial charge in [0.05, 0.1) is 0 Å². The van der Waals surface area contributed by atoms with E-state index in [1.807, 2.05) is 0 Å². The molecule has 0 atom stereocenters. The molecule has 3 rings (SSSR count). The largest absolute Gasteiger partial charge is 0.346 e. The molecule has 0 aliphatic carbocycles. The maximum absolute atomic E-state index is 12.4. The zero-order valence-corrected chi connectivity index (χ0v) is 14.6. The van der Waals surface area contributed by atoms with Crippen LogP contribution in [0.15, 0.2) is 29.1 Å². The molecule has 3 N–H and O–H groups in total. The zero-order valence-electron chi connectivity index (χ0n) is 14.6. The Balaban J connectivity index is 1.67. The average Bonchev–Trinajstić information content (AvgIpc) is 2.78. The number of benzene rings is 1. The minimum atomic E-state index is -0.350. The summed E-state index contributed by atoms with van der Waals surface area (Å²) in [6, 6.07) is 6.42. The Labute approximate surface area is 150 Å². The van der Waals surface area contributed by atoms with Crippen molar-refractivity contribution in [3.8, 4) is 0 Å². The van der Waals surface area contributed by atoms with Crippen LogP contribution in [0.5, 0.6) is 0 Å². The van der Waals surface area contributed by atoms with Crippen LogP contribution < -0.4 is 21.6 Å². The number of urea groups is 1. The van der Waals surface area contributed by atoms with Crippen molar-refractivity contribution in [2.24, 2.45) is 0 Å². The summed E-state index contributed by atoms with van der Waals surface area (Å²) in [4.78, 5) is 36.0. The molecule has 0 saturated heterocycles. The molecule has 2 aromatic rings. The van der Waals surface area contributed by atoms with E-state index >= 15 is 0 Å². The molecule has 1 aliphatic rings. The Morgan fingerprint density at radius 2 is 1.92 bits per heavy atom. The Morgan fingerprint density at radius 3 is 2.69 bits per heavy atom. The number of carbonyl (C=O) groups is 2. The van der Waals surface area contributed by atoms with Crippen LogP contribution in [0.4, 0.5) is 16.2 Å². The molecule has 138 valence electrons. The molecule has 1 aromatic carbocycles. The summed E-state index contributed by atoms with van der Waals surface area (Å²) in [6.07, 6.45) is 3.81. The molecule has 3 amide bonds.